The molecule has 0 spiro atoms. The molecule has 1 atom stereocenters. The Balaban J connectivity index is 2.32. The Kier molecular flexibility index (Phi) is 8.05. The van der Waals surface area contributed by atoms with Gasteiger partial charge in [0.05, 0.1) is 0 Å². The topological polar surface area (TPSA) is 29.1 Å². The zero-order chi connectivity index (χ0) is 14.3. The molecule has 1 saturated carbocycles. The van der Waals surface area contributed by atoms with Crippen LogP contribution in [-0.4, -0.2) is 17.3 Å². The van der Waals surface area contributed by atoms with E-state index in [4.69, 9.17) is 0 Å². The van der Waals surface area contributed by atoms with Crippen LogP contribution in [0, 0.1) is 17.8 Å². The Bertz CT molecular complexity index is 259. The van der Waals surface area contributed by atoms with Crippen molar-refractivity contribution in [2.24, 2.45) is 17.8 Å². The van der Waals surface area contributed by atoms with Crippen LogP contribution in [0.15, 0.2) is 0 Å². The minimum atomic E-state index is 0.262. The molecule has 1 aliphatic carbocycles. The van der Waals surface area contributed by atoms with Gasteiger partial charge in [0, 0.05) is 17.3 Å². The third kappa shape index (κ3) is 5.85. The van der Waals surface area contributed by atoms with Gasteiger partial charge in [0.15, 0.2) is 0 Å². The third-order valence-electron chi connectivity index (χ3n) is 4.48. The standard InChI is InChI=1S/C16H30BrNO/c1-4-5-6-13-7-9-14(10-8-13)16(19)18-15(11-17)12(2)3/h12-15H,4-11H2,1-3H3,(H,18,19). The molecule has 1 rings (SSSR count). The molecule has 3 heteroatoms. The van der Waals surface area contributed by atoms with Crippen molar-refractivity contribution in [2.75, 3.05) is 5.33 Å². The molecule has 0 aromatic carbocycles. The van der Waals surface area contributed by atoms with E-state index >= 15 is 0 Å². The van der Waals surface area contributed by atoms with Gasteiger partial charge >= 0.3 is 0 Å². The van der Waals surface area contributed by atoms with Gasteiger partial charge in [-0.1, -0.05) is 56.0 Å². The van der Waals surface area contributed by atoms with Crippen LogP contribution >= 0.6 is 15.9 Å². The fourth-order valence-corrected chi connectivity index (χ4v) is 3.80. The van der Waals surface area contributed by atoms with E-state index in [0.29, 0.717) is 5.92 Å². The largest absolute Gasteiger partial charge is 0.352 e. The van der Waals surface area contributed by atoms with Gasteiger partial charge in [-0.2, -0.15) is 0 Å². The van der Waals surface area contributed by atoms with E-state index in [2.05, 4.69) is 42.0 Å². The van der Waals surface area contributed by atoms with Gasteiger partial charge in [-0.05, 0) is 37.5 Å². The number of hydrogen-bond acceptors (Lipinski definition) is 1. The number of halogens is 1. The first-order valence-electron chi connectivity index (χ1n) is 7.94. The molecule has 1 amide bonds. The number of hydrogen-bond donors (Lipinski definition) is 1. The first-order chi connectivity index (χ1) is 9.08. The van der Waals surface area contributed by atoms with Gasteiger partial charge in [-0.15, -0.1) is 0 Å². The molecule has 0 aromatic heterocycles. The molecule has 0 aliphatic heterocycles. The molecular formula is C16H30BrNO. The highest BCUT2D eigenvalue weighted by atomic mass is 79.9. The predicted octanol–water partition coefficient (Wildman–Crippen LogP) is 4.52. The number of alkyl halides is 1. The van der Waals surface area contributed by atoms with Crippen molar-refractivity contribution in [3.05, 3.63) is 0 Å². The zero-order valence-corrected chi connectivity index (χ0v) is 14.3. The number of carbonyl (C=O) groups excluding carboxylic acids is 1. The summed E-state index contributed by atoms with van der Waals surface area (Å²) in [5.74, 6) is 1.91. The maximum atomic E-state index is 12.3. The summed E-state index contributed by atoms with van der Waals surface area (Å²) in [5.41, 5.74) is 0. The summed E-state index contributed by atoms with van der Waals surface area (Å²) in [5, 5.41) is 4.06. The maximum absolute atomic E-state index is 12.3. The third-order valence-corrected chi connectivity index (χ3v) is 5.18. The average molecular weight is 332 g/mol. The van der Waals surface area contributed by atoms with Crippen LogP contribution in [-0.2, 0) is 4.79 Å². The van der Waals surface area contributed by atoms with Crippen LogP contribution in [0.1, 0.15) is 65.7 Å². The van der Waals surface area contributed by atoms with Crippen LogP contribution in [0.25, 0.3) is 0 Å². The molecule has 112 valence electrons. The Morgan fingerprint density at radius 2 is 1.89 bits per heavy atom. The predicted molar refractivity (Wildman–Crippen MR) is 85.5 cm³/mol. The Hall–Kier alpha value is -0.0500. The highest BCUT2D eigenvalue weighted by Gasteiger charge is 2.27. The number of carbonyl (C=O) groups is 1. The summed E-state index contributed by atoms with van der Waals surface area (Å²) in [4.78, 5) is 12.3. The van der Waals surface area contributed by atoms with Gasteiger partial charge in [-0.3, -0.25) is 4.79 Å². The highest BCUT2D eigenvalue weighted by Crippen LogP contribution is 2.32. The fourth-order valence-electron chi connectivity index (χ4n) is 2.89. The number of amides is 1. The van der Waals surface area contributed by atoms with Gasteiger partial charge in [-0.25, -0.2) is 0 Å². The number of rotatable bonds is 7. The average Bonchev–Trinajstić information content (AvgIpc) is 2.42. The van der Waals surface area contributed by atoms with Gasteiger partial charge < -0.3 is 5.32 Å². The molecular weight excluding hydrogens is 302 g/mol. The Morgan fingerprint density at radius 3 is 2.37 bits per heavy atom. The Labute approximate surface area is 127 Å². The molecule has 0 heterocycles. The molecule has 1 aliphatic rings. The van der Waals surface area contributed by atoms with Crippen molar-refractivity contribution < 1.29 is 4.79 Å². The summed E-state index contributed by atoms with van der Waals surface area (Å²) in [6.45, 7) is 6.58. The first kappa shape index (κ1) is 17.0. The van der Waals surface area contributed by atoms with Gasteiger partial charge in [0.25, 0.3) is 0 Å². The Morgan fingerprint density at radius 1 is 1.26 bits per heavy atom. The lowest BCUT2D eigenvalue weighted by Crippen LogP contribution is -2.43. The van der Waals surface area contributed by atoms with Gasteiger partial charge in [0.1, 0.15) is 0 Å². The lowest BCUT2D eigenvalue weighted by molar-refractivity contribution is -0.127. The zero-order valence-electron chi connectivity index (χ0n) is 12.8. The van der Waals surface area contributed by atoms with E-state index in [0.717, 1.165) is 24.1 Å². The molecule has 1 fully saturated rings. The van der Waals surface area contributed by atoms with E-state index in [1.165, 1.54) is 32.1 Å². The first-order valence-corrected chi connectivity index (χ1v) is 9.06. The molecule has 0 radical (unpaired) electrons. The monoisotopic (exact) mass is 331 g/mol. The van der Waals surface area contributed by atoms with Crippen molar-refractivity contribution in [1.29, 1.82) is 0 Å². The van der Waals surface area contributed by atoms with Crippen LogP contribution in [0.3, 0.4) is 0 Å². The summed E-state index contributed by atoms with van der Waals surface area (Å²) in [6.07, 6.45) is 8.68. The van der Waals surface area contributed by atoms with Crippen molar-refractivity contribution in [2.45, 2.75) is 71.8 Å². The summed E-state index contributed by atoms with van der Waals surface area (Å²) in [6, 6.07) is 0.269. The normalized spacial score (nSPS) is 25.3. The smallest absolute Gasteiger partial charge is 0.223 e. The second-order valence-corrected chi connectivity index (χ2v) is 7.02. The van der Waals surface area contributed by atoms with Crippen LogP contribution in [0.5, 0.6) is 0 Å². The van der Waals surface area contributed by atoms with Crippen molar-refractivity contribution in [3.63, 3.8) is 0 Å². The summed E-state index contributed by atoms with van der Waals surface area (Å²) in [7, 11) is 0. The molecule has 1 unspecified atom stereocenters. The SMILES string of the molecule is CCCCC1CCC(C(=O)NC(CBr)C(C)C)CC1. The van der Waals surface area contributed by atoms with E-state index in [-0.39, 0.29) is 17.9 Å². The lowest BCUT2D eigenvalue weighted by Gasteiger charge is -2.29. The van der Waals surface area contributed by atoms with E-state index < -0.39 is 0 Å². The molecule has 0 bridgehead atoms. The second-order valence-electron chi connectivity index (χ2n) is 6.37. The van der Waals surface area contributed by atoms with Crippen molar-refractivity contribution in [1.82, 2.24) is 5.32 Å². The summed E-state index contributed by atoms with van der Waals surface area (Å²) >= 11 is 3.49. The summed E-state index contributed by atoms with van der Waals surface area (Å²) < 4.78 is 0. The molecule has 2 nitrogen and oxygen atoms in total. The second kappa shape index (κ2) is 8.99. The van der Waals surface area contributed by atoms with Crippen LogP contribution < -0.4 is 5.32 Å². The van der Waals surface area contributed by atoms with E-state index in [1.54, 1.807) is 0 Å². The van der Waals surface area contributed by atoms with E-state index in [9.17, 15) is 4.79 Å². The molecule has 19 heavy (non-hydrogen) atoms. The van der Waals surface area contributed by atoms with Crippen LogP contribution in [0.4, 0.5) is 0 Å². The molecule has 1 N–H and O–H groups in total. The highest BCUT2D eigenvalue weighted by molar-refractivity contribution is 9.09. The van der Waals surface area contributed by atoms with Crippen LogP contribution in [0.2, 0.25) is 0 Å². The fraction of sp³-hybridized carbons (Fsp3) is 0.938. The van der Waals surface area contributed by atoms with Crippen molar-refractivity contribution in [3.8, 4) is 0 Å². The number of nitrogens with one attached hydrogen (secondary N) is 1. The van der Waals surface area contributed by atoms with Gasteiger partial charge in [0.2, 0.25) is 5.91 Å². The maximum Gasteiger partial charge on any atom is 0.223 e. The number of unbranched alkanes of at least 4 members (excludes halogenated alkanes) is 1. The molecule has 0 saturated heterocycles. The van der Waals surface area contributed by atoms with Crippen molar-refractivity contribution >= 4 is 21.8 Å². The quantitative estimate of drug-likeness (QED) is 0.683. The minimum absolute atomic E-state index is 0.262. The molecule has 0 aromatic rings. The van der Waals surface area contributed by atoms with E-state index in [1.807, 2.05) is 0 Å². The lowest BCUT2D eigenvalue weighted by atomic mass is 9.79. The minimum Gasteiger partial charge on any atom is -0.352 e.